The number of hydrogen-bond donors (Lipinski definition) is 1. The van der Waals surface area contributed by atoms with Gasteiger partial charge in [0.05, 0.1) is 18.1 Å². The highest BCUT2D eigenvalue weighted by atomic mass is 16.4. The standard InChI is InChI=1S/C13H15N3O3/c1-9(2)16(7-3-6-14)12(17)10-4-5-11(13(18)19)15-8-10/h4-5,8-9H,3,7H2,1-2H3,(H,18,19). The number of aromatic carboxylic acids is 1. The van der Waals surface area contributed by atoms with Gasteiger partial charge in [-0.05, 0) is 26.0 Å². The molecule has 0 aromatic carbocycles. The van der Waals surface area contributed by atoms with E-state index in [0.29, 0.717) is 12.1 Å². The van der Waals surface area contributed by atoms with Crippen LogP contribution in [0.2, 0.25) is 0 Å². The fourth-order valence-corrected chi connectivity index (χ4v) is 1.58. The highest BCUT2D eigenvalue weighted by Crippen LogP contribution is 2.09. The second kappa shape index (κ2) is 6.50. The van der Waals surface area contributed by atoms with Crippen LogP contribution in [0.5, 0.6) is 0 Å². The summed E-state index contributed by atoms with van der Waals surface area (Å²) in [6.45, 7) is 4.05. The van der Waals surface area contributed by atoms with Gasteiger partial charge in [0.1, 0.15) is 5.69 Å². The number of pyridine rings is 1. The van der Waals surface area contributed by atoms with Crippen molar-refractivity contribution in [2.45, 2.75) is 26.3 Å². The Kier molecular flexibility index (Phi) is 5.01. The normalized spacial score (nSPS) is 10.0. The van der Waals surface area contributed by atoms with Crippen molar-refractivity contribution in [2.75, 3.05) is 6.54 Å². The van der Waals surface area contributed by atoms with Gasteiger partial charge in [0, 0.05) is 18.8 Å². The number of rotatable bonds is 5. The van der Waals surface area contributed by atoms with E-state index in [4.69, 9.17) is 10.4 Å². The lowest BCUT2D eigenvalue weighted by Crippen LogP contribution is -2.37. The Labute approximate surface area is 111 Å². The maximum absolute atomic E-state index is 12.2. The number of carboxylic acids is 1. The summed E-state index contributed by atoms with van der Waals surface area (Å²) in [5, 5.41) is 17.3. The summed E-state index contributed by atoms with van der Waals surface area (Å²) in [5.74, 6) is -1.39. The molecule has 0 aliphatic heterocycles. The monoisotopic (exact) mass is 261 g/mol. The van der Waals surface area contributed by atoms with Crippen LogP contribution in [0.3, 0.4) is 0 Å². The maximum atomic E-state index is 12.2. The van der Waals surface area contributed by atoms with Gasteiger partial charge in [0.25, 0.3) is 5.91 Å². The first-order chi connectivity index (χ1) is 8.97. The van der Waals surface area contributed by atoms with E-state index in [1.165, 1.54) is 18.3 Å². The summed E-state index contributed by atoms with van der Waals surface area (Å²) in [6.07, 6.45) is 1.50. The molecule has 0 bridgehead atoms. The third-order valence-corrected chi connectivity index (χ3v) is 2.58. The van der Waals surface area contributed by atoms with Crippen LogP contribution in [0, 0.1) is 11.3 Å². The topological polar surface area (TPSA) is 94.3 Å². The largest absolute Gasteiger partial charge is 0.477 e. The molecular weight excluding hydrogens is 246 g/mol. The van der Waals surface area contributed by atoms with Crippen molar-refractivity contribution in [1.29, 1.82) is 5.26 Å². The van der Waals surface area contributed by atoms with Gasteiger partial charge < -0.3 is 10.0 Å². The highest BCUT2D eigenvalue weighted by molar-refractivity contribution is 5.95. The van der Waals surface area contributed by atoms with Gasteiger partial charge in [-0.15, -0.1) is 0 Å². The summed E-state index contributed by atoms with van der Waals surface area (Å²) in [7, 11) is 0. The van der Waals surface area contributed by atoms with Crippen molar-refractivity contribution >= 4 is 11.9 Å². The quantitative estimate of drug-likeness (QED) is 0.867. The van der Waals surface area contributed by atoms with Gasteiger partial charge in [0.15, 0.2) is 0 Å². The molecule has 1 aromatic heterocycles. The van der Waals surface area contributed by atoms with Crippen LogP contribution in [-0.4, -0.2) is 39.5 Å². The smallest absolute Gasteiger partial charge is 0.354 e. The molecule has 0 aliphatic carbocycles. The number of aromatic nitrogens is 1. The highest BCUT2D eigenvalue weighted by Gasteiger charge is 2.19. The van der Waals surface area contributed by atoms with E-state index in [9.17, 15) is 9.59 Å². The van der Waals surface area contributed by atoms with Crippen molar-refractivity contribution in [3.05, 3.63) is 29.6 Å². The van der Waals surface area contributed by atoms with Gasteiger partial charge in [0.2, 0.25) is 0 Å². The van der Waals surface area contributed by atoms with Crippen LogP contribution < -0.4 is 0 Å². The number of nitrogens with zero attached hydrogens (tertiary/aromatic N) is 3. The maximum Gasteiger partial charge on any atom is 0.354 e. The summed E-state index contributed by atoms with van der Waals surface area (Å²) in [5.41, 5.74) is 0.210. The van der Waals surface area contributed by atoms with Gasteiger partial charge in [-0.25, -0.2) is 9.78 Å². The fourth-order valence-electron chi connectivity index (χ4n) is 1.58. The fraction of sp³-hybridized carbons (Fsp3) is 0.385. The number of carbonyl (C=O) groups is 2. The number of carboxylic acid groups (broad SMARTS) is 1. The third-order valence-electron chi connectivity index (χ3n) is 2.58. The van der Waals surface area contributed by atoms with Crippen LogP contribution >= 0.6 is 0 Å². The molecule has 1 amide bonds. The van der Waals surface area contributed by atoms with Gasteiger partial charge in [-0.2, -0.15) is 5.26 Å². The zero-order valence-electron chi connectivity index (χ0n) is 10.8. The van der Waals surface area contributed by atoms with Crippen molar-refractivity contribution in [3.8, 4) is 6.07 Å². The number of amides is 1. The molecule has 0 radical (unpaired) electrons. The van der Waals surface area contributed by atoms with E-state index in [1.807, 2.05) is 19.9 Å². The van der Waals surface area contributed by atoms with Crippen molar-refractivity contribution in [2.24, 2.45) is 0 Å². The second-order valence-corrected chi connectivity index (χ2v) is 4.24. The van der Waals surface area contributed by atoms with E-state index in [2.05, 4.69) is 4.98 Å². The van der Waals surface area contributed by atoms with E-state index in [0.717, 1.165) is 0 Å². The van der Waals surface area contributed by atoms with E-state index in [1.54, 1.807) is 4.90 Å². The first-order valence-corrected chi connectivity index (χ1v) is 5.84. The molecular formula is C13H15N3O3. The second-order valence-electron chi connectivity index (χ2n) is 4.24. The SMILES string of the molecule is CC(C)N(CCC#N)C(=O)c1ccc(C(=O)O)nc1. The Morgan fingerprint density at radius 1 is 1.47 bits per heavy atom. The molecule has 0 fully saturated rings. The lowest BCUT2D eigenvalue weighted by Gasteiger charge is -2.25. The predicted octanol–water partition coefficient (Wildman–Crippen LogP) is 1.54. The van der Waals surface area contributed by atoms with Crippen LogP contribution in [0.25, 0.3) is 0 Å². The minimum absolute atomic E-state index is 0.0417. The molecule has 1 rings (SSSR count). The molecule has 0 aliphatic rings. The minimum atomic E-state index is -1.14. The molecule has 0 atom stereocenters. The summed E-state index contributed by atoms with van der Waals surface area (Å²) >= 11 is 0. The lowest BCUT2D eigenvalue weighted by atomic mass is 10.2. The molecule has 1 N–H and O–H groups in total. The Morgan fingerprint density at radius 3 is 2.58 bits per heavy atom. The molecule has 19 heavy (non-hydrogen) atoms. The van der Waals surface area contributed by atoms with E-state index >= 15 is 0 Å². The number of nitriles is 1. The van der Waals surface area contributed by atoms with Gasteiger partial charge >= 0.3 is 5.97 Å². The first kappa shape index (κ1) is 14.6. The van der Waals surface area contributed by atoms with Crippen molar-refractivity contribution in [3.63, 3.8) is 0 Å². The summed E-state index contributed by atoms with van der Waals surface area (Å²) in [6, 6.07) is 4.68. The molecule has 1 heterocycles. The molecule has 0 spiro atoms. The molecule has 1 aromatic rings. The lowest BCUT2D eigenvalue weighted by molar-refractivity contribution is 0.0681. The van der Waals surface area contributed by atoms with Gasteiger partial charge in [-0.3, -0.25) is 4.79 Å². The average molecular weight is 261 g/mol. The van der Waals surface area contributed by atoms with Gasteiger partial charge in [-0.1, -0.05) is 0 Å². The summed E-state index contributed by atoms with van der Waals surface area (Å²) in [4.78, 5) is 28.1. The average Bonchev–Trinajstić information content (AvgIpc) is 2.38. The van der Waals surface area contributed by atoms with Crippen molar-refractivity contribution in [1.82, 2.24) is 9.88 Å². The molecule has 0 saturated carbocycles. The molecule has 6 heteroatoms. The van der Waals surface area contributed by atoms with Crippen molar-refractivity contribution < 1.29 is 14.7 Å². The Balaban J connectivity index is 2.90. The minimum Gasteiger partial charge on any atom is -0.477 e. The molecule has 0 unspecified atom stereocenters. The Hall–Kier alpha value is -2.42. The molecule has 100 valence electrons. The van der Waals surface area contributed by atoms with Crippen LogP contribution in [0.15, 0.2) is 18.3 Å². The van der Waals surface area contributed by atoms with Crippen LogP contribution in [0.1, 0.15) is 41.1 Å². The Morgan fingerprint density at radius 2 is 2.16 bits per heavy atom. The number of hydrogen-bond acceptors (Lipinski definition) is 4. The third kappa shape index (κ3) is 3.78. The molecule has 0 saturated heterocycles. The zero-order chi connectivity index (χ0) is 14.4. The number of carbonyl (C=O) groups excluding carboxylic acids is 1. The zero-order valence-corrected chi connectivity index (χ0v) is 10.8. The predicted molar refractivity (Wildman–Crippen MR) is 67.6 cm³/mol. The molecule has 6 nitrogen and oxygen atoms in total. The van der Waals surface area contributed by atoms with E-state index < -0.39 is 5.97 Å². The Bertz CT molecular complexity index is 503. The summed E-state index contributed by atoms with van der Waals surface area (Å²) < 4.78 is 0. The van der Waals surface area contributed by atoms with Crippen LogP contribution in [-0.2, 0) is 0 Å². The van der Waals surface area contributed by atoms with Crippen LogP contribution in [0.4, 0.5) is 0 Å². The first-order valence-electron chi connectivity index (χ1n) is 5.84. The van der Waals surface area contributed by atoms with E-state index in [-0.39, 0.29) is 24.1 Å².